The molecule has 1 fully saturated rings. The zero-order valence-corrected chi connectivity index (χ0v) is 33.5. The van der Waals surface area contributed by atoms with Crippen LogP contribution in [0, 0.1) is 17.2 Å². The highest BCUT2D eigenvalue weighted by atomic mass is 16.3. The number of nitrogens with zero attached hydrogens (tertiary/aromatic N) is 1. The number of hydrogen-bond donors (Lipinski definition) is 12. The van der Waals surface area contributed by atoms with Crippen molar-refractivity contribution in [2.45, 2.75) is 122 Å². The fourth-order valence-corrected chi connectivity index (χ4v) is 6.08. The van der Waals surface area contributed by atoms with Gasteiger partial charge in [0, 0.05) is 19.5 Å². The van der Waals surface area contributed by atoms with Gasteiger partial charge in [-0.3, -0.25) is 39.0 Å². The minimum Gasteiger partial charge on any atom is -0.508 e. The fraction of sp³-hybridized carbons (Fsp3) is 0.622. The summed E-state index contributed by atoms with van der Waals surface area (Å²) in [4.78, 5) is 93.6. The second kappa shape index (κ2) is 22.3. The lowest BCUT2D eigenvalue weighted by Crippen LogP contribution is -2.62. The van der Waals surface area contributed by atoms with E-state index in [2.05, 4.69) is 31.9 Å². The van der Waals surface area contributed by atoms with E-state index in [0.717, 1.165) is 0 Å². The highest BCUT2D eigenvalue weighted by molar-refractivity contribution is 5.98. The predicted molar refractivity (Wildman–Crippen MR) is 210 cm³/mol. The number of nitrogens with two attached hydrogens (primary N) is 3. The summed E-state index contributed by atoms with van der Waals surface area (Å²) < 4.78 is 0. The number of likely N-dealkylation sites (tertiary alicyclic amines) is 1. The van der Waals surface area contributed by atoms with E-state index < -0.39 is 95.7 Å². The Balaban J connectivity index is 2.20. The SMILES string of the molecule is CC(C)C[C@H](C(=O)N[C@H](C)C(N)=O)N1CC[C@@H](NC(=O)[C@H](NC(=O)[C@H](NC(=O)[C@@H](Cc2ccc(O)cc2)NC(=O)[C@H](N)CCCNC(=N)N)[C@@H](C)O)C(C)C)C1=O. The molecule has 0 radical (unpaired) electrons. The summed E-state index contributed by atoms with van der Waals surface area (Å²) in [5, 5.41) is 43.0. The molecule has 0 spiro atoms. The first-order chi connectivity index (χ1) is 26.6. The van der Waals surface area contributed by atoms with Gasteiger partial charge in [0.05, 0.1) is 12.1 Å². The number of amides is 7. The van der Waals surface area contributed by atoms with Crippen molar-refractivity contribution in [1.29, 1.82) is 5.41 Å². The molecule has 1 saturated heterocycles. The van der Waals surface area contributed by atoms with Gasteiger partial charge in [0.1, 0.15) is 42.0 Å². The number of benzene rings is 1. The van der Waals surface area contributed by atoms with Crippen molar-refractivity contribution in [3.8, 4) is 5.75 Å². The summed E-state index contributed by atoms with van der Waals surface area (Å²) in [6, 6.07) is -2.21. The van der Waals surface area contributed by atoms with Gasteiger partial charge in [-0.2, -0.15) is 0 Å². The largest absolute Gasteiger partial charge is 0.508 e. The third-order valence-corrected chi connectivity index (χ3v) is 9.38. The monoisotopic (exact) mass is 803 g/mol. The molecule has 0 aromatic heterocycles. The van der Waals surface area contributed by atoms with Crippen LogP contribution in [0.5, 0.6) is 5.75 Å². The van der Waals surface area contributed by atoms with Crippen LogP contribution < -0.4 is 49.1 Å². The molecule has 1 aliphatic rings. The van der Waals surface area contributed by atoms with E-state index in [1.807, 2.05) is 13.8 Å². The van der Waals surface area contributed by atoms with Crippen LogP contribution in [0.3, 0.4) is 0 Å². The van der Waals surface area contributed by atoms with Gasteiger partial charge < -0.3 is 64.2 Å². The molecule has 1 aromatic rings. The summed E-state index contributed by atoms with van der Waals surface area (Å²) in [6.45, 7) is 10.2. The average Bonchev–Trinajstić information content (AvgIpc) is 3.48. The molecule has 0 saturated carbocycles. The number of phenolic OH excluding ortho intramolecular Hbond substituents is 1. The maximum atomic E-state index is 13.7. The predicted octanol–water partition coefficient (Wildman–Crippen LogP) is -2.86. The van der Waals surface area contributed by atoms with Crippen molar-refractivity contribution in [3.63, 3.8) is 0 Å². The molecule has 318 valence electrons. The van der Waals surface area contributed by atoms with E-state index in [4.69, 9.17) is 22.6 Å². The third-order valence-electron chi connectivity index (χ3n) is 9.38. The molecule has 20 nitrogen and oxygen atoms in total. The van der Waals surface area contributed by atoms with Gasteiger partial charge in [-0.1, -0.05) is 39.8 Å². The molecule has 20 heteroatoms. The van der Waals surface area contributed by atoms with Crippen LogP contribution in [0.4, 0.5) is 0 Å². The van der Waals surface area contributed by atoms with Gasteiger partial charge >= 0.3 is 0 Å². The number of phenols is 1. The Kier molecular flexibility index (Phi) is 18.6. The first-order valence-electron chi connectivity index (χ1n) is 19.0. The van der Waals surface area contributed by atoms with E-state index in [1.165, 1.54) is 43.0 Å². The zero-order chi connectivity index (χ0) is 43.1. The number of carbonyl (C=O) groups excluding carboxylic acids is 7. The molecule has 1 aromatic carbocycles. The van der Waals surface area contributed by atoms with Gasteiger partial charge in [0.2, 0.25) is 41.4 Å². The van der Waals surface area contributed by atoms with Gasteiger partial charge in [-0.25, -0.2) is 0 Å². The van der Waals surface area contributed by atoms with Crippen molar-refractivity contribution in [2.24, 2.45) is 29.0 Å². The molecule has 0 bridgehead atoms. The highest BCUT2D eigenvalue weighted by Crippen LogP contribution is 2.21. The number of primary amides is 1. The molecule has 1 heterocycles. The Morgan fingerprint density at radius 2 is 1.47 bits per heavy atom. The quantitative estimate of drug-likeness (QED) is 0.0320. The minimum absolute atomic E-state index is 0.00183. The molecule has 1 aliphatic heterocycles. The van der Waals surface area contributed by atoms with Crippen LogP contribution >= 0.6 is 0 Å². The van der Waals surface area contributed by atoms with Crippen molar-refractivity contribution < 1.29 is 43.8 Å². The number of nitrogens with one attached hydrogen (secondary N) is 7. The van der Waals surface area contributed by atoms with E-state index in [1.54, 1.807) is 13.8 Å². The lowest BCUT2D eigenvalue weighted by molar-refractivity contribution is -0.141. The lowest BCUT2D eigenvalue weighted by Gasteiger charge is -2.30. The van der Waals surface area contributed by atoms with Gasteiger partial charge in [0.15, 0.2) is 5.96 Å². The minimum atomic E-state index is -1.60. The van der Waals surface area contributed by atoms with Crippen molar-refractivity contribution in [1.82, 2.24) is 36.8 Å². The Morgan fingerprint density at radius 1 is 0.860 bits per heavy atom. The fourth-order valence-electron chi connectivity index (χ4n) is 6.08. The topological polar surface area (TPSA) is 337 Å². The maximum absolute atomic E-state index is 13.7. The third kappa shape index (κ3) is 15.2. The Hall–Kier alpha value is -5.50. The number of aromatic hydroxyl groups is 1. The molecule has 0 aliphatic carbocycles. The van der Waals surface area contributed by atoms with E-state index in [9.17, 15) is 43.8 Å². The van der Waals surface area contributed by atoms with Crippen LogP contribution in [0.15, 0.2) is 24.3 Å². The van der Waals surface area contributed by atoms with Crippen molar-refractivity contribution >= 4 is 47.3 Å². The molecule has 7 amide bonds. The lowest BCUT2D eigenvalue weighted by atomic mass is 10.0. The Morgan fingerprint density at radius 3 is 2.02 bits per heavy atom. The molecule has 8 atom stereocenters. The number of aliphatic hydroxyl groups is 1. The second-order valence-corrected chi connectivity index (χ2v) is 15.1. The van der Waals surface area contributed by atoms with Crippen LogP contribution in [-0.4, -0.2) is 124 Å². The number of rotatable bonds is 22. The number of hydrogen-bond acceptors (Lipinski definition) is 11. The molecule has 0 unspecified atom stereocenters. The summed E-state index contributed by atoms with van der Waals surface area (Å²) in [7, 11) is 0. The maximum Gasteiger partial charge on any atom is 0.245 e. The smallest absolute Gasteiger partial charge is 0.245 e. The van der Waals surface area contributed by atoms with E-state index in [0.29, 0.717) is 18.5 Å². The summed E-state index contributed by atoms with van der Waals surface area (Å²) >= 11 is 0. The Labute approximate surface area is 332 Å². The van der Waals surface area contributed by atoms with Crippen LogP contribution in [0.2, 0.25) is 0 Å². The summed E-state index contributed by atoms with van der Waals surface area (Å²) in [5.74, 6) is -5.78. The van der Waals surface area contributed by atoms with E-state index >= 15 is 0 Å². The Bertz CT molecular complexity index is 1590. The summed E-state index contributed by atoms with van der Waals surface area (Å²) in [6.07, 6.45) is -0.539. The van der Waals surface area contributed by atoms with Gasteiger partial charge in [-0.05, 0) is 69.1 Å². The van der Waals surface area contributed by atoms with Crippen LogP contribution in [0.25, 0.3) is 0 Å². The molecular formula is C37H61N11O9. The molecule has 15 N–H and O–H groups in total. The normalized spacial score (nSPS) is 17.7. The molecule has 57 heavy (non-hydrogen) atoms. The molecular weight excluding hydrogens is 742 g/mol. The van der Waals surface area contributed by atoms with E-state index in [-0.39, 0.29) is 49.9 Å². The van der Waals surface area contributed by atoms with Crippen LogP contribution in [-0.2, 0) is 40.0 Å². The molecule has 2 rings (SSSR count). The zero-order valence-electron chi connectivity index (χ0n) is 33.5. The number of carbonyl (C=O) groups is 7. The van der Waals surface area contributed by atoms with Gasteiger partial charge in [0.25, 0.3) is 0 Å². The number of guanidine groups is 1. The average molecular weight is 804 g/mol. The summed E-state index contributed by atoms with van der Waals surface area (Å²) in [5.41, 5.74) is 17.2. The van der Waals surface area contributed by atoms with Crippen molar-refractivity contribution in [2.75, 3.05) is 13.1 Å². The first kappa shape index (κ1) is 47.7. The van der Waals surface area contributed by atoms with Gasteiger partial charge in [-0.15, -0.1) is 0 Å². The standard InChI is InChI=1S/C37H61N11O9/c1-18(2)16-27(33(54)43-20(5)30(39)51)48-15-13-25(36(48)57)44-34(55)28(19(3)4)46-35(56)29(21(6)49)47-32(53)26(17-22-9-11-23(50)12-10-22)45-31(52)24(38)8-7-14-42-37(40)41/h9-12,18-21,24-29,49-50H,7-8,13-17,38H2,1-6H3,(H2,39,51)(H,43,54)(H,44,55)(H,45,52)(H,46,56)(H,47,53)(H4,40,41,42)/t20-,21-,24-,25-,26-,27-,28-,29-/m1/s1. The second-order valence-electron chi connectivity index (χ2n) is 15.1. The first-order valence-corrected chi connectivity index (χ1v) is 19.0. The van der Waals surface area contributed by atoms with Crippen molar-refractivity contribution in [3.05, 3.63) is 29.8 Å². The number of aliphatic hydroxyl groups excluding tert-OH is 1. The highest BCUT2D eigenvalue weighted by Gasteiger charge is 2.42. The van der Waals surface area contributed by atoms with Crippen LogP contribution in [0.1, 0.15) is 72.8 Å².